The summed E-state index contributed by atoms with van der Waals surface area (Å²) in [6, 6.07) is 2.04. The molecule has 1 atom stereocenters. The molecule has 2 heterocycles. The second kappa shape index (κ2) is 6.83. The number of piperidine rings is 1. The van der Waals surface area contributed by atoms with Crippen LogP contribution in [-0.4, -0.2) is 34.7 Å². The first-order valence-corrected chi connectivity index (χ1v) is 7.64. The van der Waals surface area contributed by atoms with E-state index in [1.165, 1.54) is 12.8 Å². The van der Waals surface area contributed by atoms with Crippen LogP contribution in [0, 0.1) is 12.8 Å². The normalized spacial score (nSPS) is 18.8. The number of hydrogen-bond donors (Lipinski definition) is 2. The highest BCUT2D eigenvalue weighted by atomic mass is 32.1. The Bertz CT molecular complexity index is 477. The molecule has 1 aromatic heterocycles. The Kier molecular flexibility index (Phi) is 5.11. The number of rotatable bonds is 3. The molecule has 1 aliphatic rings. The van der Waals surface area contributed by atoms with Gasteiger partial charge >= 0.3 is 0 Å². The van der Waals surface area contributed by atoms with E-state index in [1.54, 1.807) is 0 Å². The molecule has 6 heteroatoms. The van der Waals surface area contributed by atoms with Crippen LogP contribution in [0.4, 0.5) is 11.8 Å². The summed E-state index contributed by atoms with van der Waals surface area (Å²) < 4.78 is 0. The lowest BCUT2D eigenvalue weighted by atomic mass is 10.0. The standard InChI is InChI=1S/C14H23N5S/c1-4-15-14(20)18-13-16-11(3)8-12(17-13)19-7-5-6-10(2)9-19/h8,10H,4-7,9H2,1-3H3,(H2,15,16,17,18,20)/t10-/m0/s1. The molecule has 2 N–H and O–H groups in total. The maximum absolute atomic E-state index is 5.18. The molecule has 0 spiro atoms. The smallest absolute Gasteiger partial charge is 0.231 e. The number of anilines is 2. The third-order valence-corrected chi connectivity index (χ3v) is 3.63. The monoisotopic (exact) mass is 293 g/mol. The average molecular weight is 293 g/mol. The summed E-state index contributed by atoms with van der Waals surface area (Å²) in [5.41, 5.74) is 0.954. The molecule has 5 nitrogen and oxygen atoms in total. The highest BCUT2D eigenvalue weighted by molar-refractivity contribution is 7.80. The molecule has 0 aromatic carbocycles. The Hall–Kier alpha value is -1.43. The number of aryl methyl sites for hydroxylation is 1. The van der Waals surface area contributed by atoms with Crippen molar-refractivity contribution in [1.82, 2.24) is 15.3 Å². The molecule has 0 unspecified atom stereocenters. The molecule has 1 saturated heterocycles. The molecule has 0 bridgehead atoms. The zero-order chi connectivity index (χ0) is 14.5. The molecule has 0 radical (unpaired) electrons. The summed E-state index contributed by atoms with van der Waals surface area (Å²) >= 11 is 5.18. The molecule has 20 heavy (non-hydrogen) atoms. The van der Waals surface area contributed by atoms with Crippen LogP contribution in [-0.2, 0) is 0 Å². The number of nitrogens with zero attached hydrogens (tertiary/aromatic N) is 3. The second-order valence-electron chi connectivity index (χ2n) is 5.37. The van der Waals surface area contributed by atoms with E-state index in [0.29, 0.717) is 11.1 Å². The van der Waals surface area contributed by atoms with Crippen molar-refractivity contribution in [3.05, 3.63) is 11.8 Å². The largest absolute Gasteiger partial charge is 0.363 e. The third-order valence-electron chi connectivity index (χ3n) is 3.38. The van der Waals surface area contributed by atoms with E-state index < -0.39 is 0 Å². The Morgan fingerprint density at radius 1 is 1.50 bits per heavy atom. The SMILES string of the molecule is CCNC(=S)Nc1nc(C)cc(N2CCC[C@H](C)C2)n1. The third kappa shape index (κ3) is 4.03. The minimum Gasteiger partial charge on any atom is -0.363 e. The number of thiocarbonyl (C=S) groups is 1. The van der Waals surface area contributed by atoms with Crippen molar-refractivity contribution in [2.75, 3.05) is 29.9 Å². The number of aromatic nitrogens is 2. The van der Waals surface area contributed by atoms with Gasteiger partial charge in [0.15, 0.2) is 5.11 Å². The molecular weight excluding hydrogens is 270 g/mol. The number of nitrogens with one attached hydrogen (secondary N) is 2. The minimum atomic E-state index is 0.566. The number of hydrogen-bond acceptors (Lipinski definition) is 4. The molecule has 110 valence electrons. The fourth-order valence-corrected chi connectivity index (χ4v) is 2.71. The second-order valence-corrected chi connectivity index (χ2v) is 5.78. The van der Waals surface area contributed by atoms with E-state index in [2.05, 4.69) is 32.4 Å². The Labute approximate surface area is 126 Å². The van der Waals surface area contributed by atoms with Crippen LogP contribution >= 0.6 is 12.2 Å². The Morgan fingerprint density at radius 3 is 3.00 bits per heavy atom. The van der Waals surface area contributed by atoms with Gasteiger partial charge in [0.2, 0.25) is 5.95 Å². The van der Waals surface area contributed by atoms with E-state index in [-0.39, 0.29) is 0 Å². The average Bonchev–Trinajstić information content (AvgIpc) is 2.38. The van der Waals surface area contributed by atoms with E-state index in [0.717, 1.165) is 37.1 Å². The maximum Gasteiger partial charge on any atom is 0.231 e. The van der Waals surface area contributed by atoms with Crippen LogP contribution in [0.2, 0.25) is 0 Å². The summed E-state index contributed by atoms with van der Waals surface area (Å²) in [6.45, 7) is 9.20. The van der Waals surface area contributed by atoms with Crippen molar-refractivity contribution >= 4 is 29.1 Å². The van der Waals surface area contributed by atoms with E-state index in [4.69, 9.17) is 12.2 Å². The van der Waals surface area contributed by atoms with Crippen LogP contribution in [0.5, 0.6) is 0 Å². The molecular formula is C14H23N5S. The van der Waals surface area contributed by atoms with Gasteiger partial charge in [0.25, 0.3) is 0 Å². The van der Waals surface area contributed by atoms with E-state index >= 15 is 0 Å². The van der Waals surface area contributed by atoms with Crippen molar-refractivity contribution in [1.29, 1.82) is 0 Å². The van der Waals surface area contributed by atoms with Gasteiger partial charge in [-0.15, -0.1) is 0 Å². The first kappa shape index (κ1) is 15.0. The van der Waals surface area contributed by atoms with Gasteiger partial charge in [-0.05, 0) is 44.8 Å². The van der Waals surface area contributed by atoms with Crippen molar-refractivity contribution in [3.8, 4) is 0 Å². The van der Waals surface area contributed by atoms with Crippen molar-refractivity contribution < 1.29 is 0 Å². The summed E-state index contributed by atoms with van der Waals surface area (Å²) in [5, 5.41) is 6.66. The molecule has 0 amide bonds. The van der Waals surface area contributed by atoms with Crippen LogP contribution in [0.15, 0.2) is 6.07 Å². The maximum atomic E-state index is 5.18. The van der Waals surface area contributed by atoms with E-state index in [9.17, 15) is 0 Å². The van der Waals surface area contributed by atoms with Gasteiger partial charge in [-0.3, -0.25) is 0 Å². The van der Waals surface area contributed by atoms with Crippen molar-refractivity contribution in [3.63, 3.8) is 0 Å². The molecule has 1 aromatic rings. The van der Waals surface area contributed by atoms with Crippen LogP contribution < -0.4 is 15.5 Å². The highest BCUT2D eigenvalue weighted by Crippen LogP contribution is 2.22. The van der Waals surface area contributed by atoms with Crippen LogP contribution in [0.3, 0.4) is 0 Å². The molecule has 2 rings (SSSR count). The zero-order valence-corrected chi connectivity index (χ0v) is 13.3. The fraction of sp³-hybridized carbons (Fsp3) is 0.643. The molecule has 0 saturated carbocycles. The molecule has 1 aliphatic heterocycles. The Morgan fingerprint density at radius 2 is 2.30 bits per heavy atom. The van der Waals surface area contributed by atoms with Crippen molar-refractivity contribution in [2.24, 2.45) is 5.92 Å². The van der Waals surface area contributed by atoms with Gasteiger partial charge in [0, 0.05) is 31.4 Å². The lowest BCUT2D eigenvalue weighted by Gasteiger charge is -2.32. The molecule has 0 aliphatic carbocycles. The lowest BCUT2D eigenvalue weighted by molar-refractivity contribution is 0.444. The Balaban J connectivity index is 2.13. The van der Waals surface area contributed by atoms with Crippen molar-refractivity contribution in [2.45, 2.75) is 33.6 Å². The summed E-state index contributed by atoms with van der Waals surface area (Å²) in [6.07, 6.45) is 2.53. The fourth-order valence-electron chi connectivity index (χ4n) is 2.47. The zero-order valence-electron chi connectivity index (χ0n) is 12.4. The van der Waals surface area contributed by atoms with Gasteiger partial charge < -0.3 is 15.5 Å². The van der Waals surface area contributed by atoms with Gasteiger partial charge in [-0.25, -0.2) is 4.98 Å². The lowest BCUT2D eigenvalue weighted by Crippen LogP contribution is -2.35. The predicted molar refractivity (Wildman–Crippen MR) is 87.3 cm³/mol. The predicted octanol–water partition coefficient (Wildman–Crippen LogP) is 2.33. The van der Waals surface area contributed by atoms with Gasteiger partial charge in [0.1, 0.15) is 5.82 Å². The van der Waals surface area contributed by atoms with Gasteiger partial charge in [0.05, 0.1) is 0 Å². The van der Waals surface area contributed by atoms with Crippen LogP contribution in [0.25, 0.3) is 0 Å². The van der Waals surface area contributed by atoms with Gasteiger partial charge in [-0.1, -0.05) is 6.92 Å². The topological polar surface area (TPSA) is 53.1 Å². The quantitative estimate of drug-likeness (QED) is 0.834. The highest BCUT2D eigenvalue weighted by Gasteiger charge is 2.18. The molecule has 1 fully saturated rings. The first-order chi connectivity index (χ1) is 9.58. The minimum absolute atomic E-state index is 0.566. The van der Waals surface area contributed by atoms with Gasteiger partial charge in [-0.2, -0.15) is 4.98 Å². The first-order valence-electron chi connectivity index (χ1n) is 7.24. The van der Waals surface area contributed by atoms with Crippen LogP contribution in [0.1, 0.15) is 32.4 Å². The summed E-state index contributed by atoms with van der Waals surface area (Å²) in [7, 11) is 0. The van der Waals surface area contributed by atoms with E-state index in [1.807, 2.05) is 19.9 Å². The summed E-state index contributed by atoms with van der Waals surface area (Å²) in [4.78, 5) is 11.3. The summed E-state index contributed by atoms with van der Waals surface area (Å²) in [5.74, 6) is 2.29.